The van der Waals surface area contributed by atoms with Gasteiger partial charge in [0.15, 0.2) is 0 Å². The molecule has 430 valence electrons. The van der Waals surface area contributed by atoms with Gasteiger partial charge in [0.2, 0.25) is 0 Å². The molecule has 2 aliphatic carbocycles. The lowest BCUT2D eigenvalue weighted by Crippen LogP contribution is -2.15. The molecular formula is C90H58O2. The number of hydrogen-bond donors (Lipinski definition) is 0. The van der Waals surface area contributed by atoms with Gasteiger partial charge in [0.1, 0.15) is 22.3 Å². The first-order valence-corrected chi connectivity index (χ1v) is 32.3. The Kier molecular flexibility index (Phi) is 10.4. The second kappa shape index (κ2) is 18.6. The van der Waals surface area contributed by atoms with E-state index in [-0.39, 0.29) is 10.8 Å². The van der Waals surface area contributed by atoms with Crippen LogP contribution in [0.2, 0.25) is 0 Å². The van der Waals surface area contributed by atoms with Crippen molar-refractivity contribution >= 4 is 109 Å². The summed E-state index contributed by atoms with van der Waals surface area (Å²) in [5.74, 6) is 0. The molecule has 0 saturated carbocycles. The summed E-state index contributed by atoms with van der Waals surface area (Å²) in [6.07, 6.45) is 0. The van der Waals surface area contributed by atoms with E-state index >= 15 is 0 Å². The Hall–Kier alpha value is -11.3. The van der Waals surface area contributed by atoms with Crippen molar-refractivity contribution < 1.29 is 8.83 Å². The molecule has 2 nitrogen and oxygen atoms in total. The lowest BCUT2D eigenvalue weighted by molar-refractivity contribution is 0.660. The van der Waals surface area contributed by atoms with Gasteiger partial charge in [-0.2, -0.15) is 0 Å². The second-order valence-corrected chi connectivity index (χ2v) is 26.9. The normalized spacial score (nSPS) is 13.8. The molecule has 2 aliphatic rings. The number of benzene rings is 16. The van der Waals surface area contributed by atoms with Gasteiger partial charge in [-0.3, -0.25) is 0 Å². The summed E-state index contributed by atoms with van der Waals surface area (Å²) in [4.78, 5) is 0. The predicted molar refractivity (Wildman–Crippen MR) is 388 cm³/mol. The maximum Gasteiger partial charge on any atom is 0.143 e. The number of hydrogen-bond acceptors (Lipinski definition) is 2. The molecule has 16 aromatic carbocycles. The van der Waals surface area contributed by atoms with Crippen molar-refractivity contribution in [3.63, 3.8) is 0 Å². The summed E-state index contributed by atoms with van der Waals surface area (Å²) in [7, 11) is 0. The minimum absolute atomic E-state index is 0.107. The van der Waals surface area contributed by atoms with Crippen LogP contribution in [-0.4, -0.2) is 0 Å². The molecule has 0 aliphatic heterocycles. The number of furan rings is 2. The van der Waals surface area contributed by atoms with Crippen molar-refractivity contribution in [2.75, 3.05) is 0 Å². The van der Waals surface area contributed by atoms with Crippen LogP contribution in [0.5, 0.6) is 0 Å². The smallest absolute Gasteiger partial charge is 0.143 e. The fourth-order valence-electron chi connectivity index (χ4n) is 17.0. The van der Waals surface area contributed by atoms with E-state index in [4.69, 9.17) is 8.83 Å². The van der Waals surface area contributed by atoms with Crippen molar-refractivity contribution in [1.29, 1.82) is 0 Å². The lowest BCUT2D eigenvalue weighted by Gasteiger charge is -2.23. The van der Waals surface area contributed by atoms with Gasteiger partial charge in [-0.15, -0.1) is 0 Å². The monoisotopic (exact) mass is 1170 g/mol. The van der Waals surface area contributed by atoms with E-state index < -0.39 is 0 Å². The highest BCUT2D eigenvalue weighted by Crippen LogP contribution is 2.56. The molecular weight excluding hydrogens is 1110 g/mol. The average Bonchev–Trinajstić information content (AvgIpc) is 1.35. The zero-order valence-corrected chi connectivity index (χ0v) is 51.4. The number of fused-ring (bicyclic) bond motifs is 19. The van der Waals surface area contributed by atoms with Crippen molar-refractivity contribution in [2.24, 2.45) is 0 Å². The Bertz CT molecular complexity index is 6200. The van der Waals surface area contributed by atoms with Crippen LogP contribution in [0.3, 0.4) is 0 Å². The predicted octanol–water partition coefficient (Wildman–Crippen LogP) is 25.4. The molecule has 92 heavy (non-hydrogen) atoms. The van der Waals surface area contributed by atoms with E-state index in [0.717, 1.165) is 55.0 Å². The first-order chi connectivity index (χ1) is 45.1. The Labute approximate surface area is 531 Å². The molecule has 0 radical (unpaired) electrons. The summed E-state index contributed by atoms with van der Waals surface area (Å²) in [5, 5.41) is 19.2. The Balaban J connectivity index is 0.704. The van der Waals surface area contributed by atoms with Crippen molar-refractivity contribution in [1.82, 2.24) is 0 Å². The van der Waals surface area contributed by atoms with Crippen LogP contribution in [0.4, 0.5) is 0 Å². The van der Waals surface area contributed by atoms with Crippen LogP contribution in [0, 0.1) is 0 Å². The summed E-state index contributed by atoms with van der Waals surface area (Å²) >= 11 is 0. The van der Waals surface area contributed by atoms with E-state index in [2.05, 4.69) is 307 Å². The second-order valence-electron chi connectivity index (χ2n) is 26.9. The summed E-state index contributed by atoms with van der Waals surface area (Å²) in [5.41, 5.74) is 25.9. The molecule has 0 spiro atoms. The van der Waals surface area contributed by atoms with Crippen LogP contribution in [0.1, 0.15) is 49.9 Å². The molecule has 2 aromatic heterocycles. The van der Waals surface area contributed by atoms with Gasteiger partial charge in [-0.05, 0) is 220 Å². The lowest BCUT2D eigenvalue weighted by atomic mass is 9.80. The van der Waals surface area contributed by atoms with Gasteiger partial charge < -0.3 is 8.83 Å². The molecule has 0 fully saturated rings. The van der Waals surface area contributed by atoms with E-state index in [1.54, 1.807) is 0 Å². The van der Waals surface area contributed by atoms with Gasteiger partial charge in [0.25, 0.3) is 0 Å². The highest BCUT2D eigenvalue weighted by Gasteiger charge is 2.38. The summed E-state index contributed by atoms with van der Waals surface area (Å²) in [6.45, 7) is 9.57. The molecule has 0 bridgehead atoms. The standard InChI is InChI=1S/C90H58O2/c1-89(2)76-32-18-17-23-60(76)61-39-34-57(48-78(61)89)85-70-30-15-11-26-66(70)84(67-27-12-16-31-71(67)85)56-37-42-81-75(46-56)87-59-22-8-7-21-53(59)44-72(88(87)92-81)54-33-38-62-63-40-35-58(49-79(63)90(3,4)77(62)47-54)86-68-28-13-9-24-64(68)83(65-25-10-14-29-69(65)86)55-36-41-80-73(45-55)74-43-51-19-5-6-20-52(51)50-82(74)91-80/h5-50H,1-4H3. The third-order valence-corrected chi connectivity index (χ3v) is 21.4. The highest BCUT2D eigenvalue weighted by atomic mass is 16.3. The SMILES string of the molecule is CC1(C)c2ccccc2-c2ccc(-c3c4ccccc4c(-c4ccc5oc6c(-c7ccc8c(c7)C(C)(C)c7cc(-c9c%10ccccc%10c(-c%10ccc%11oc%12cc%13ccccc%13cc%12c%11c%10)c%10ccccc9%10)ccc7-8)cc7ccccc7c6c5c4)c4ccccc34)cc21. The topological polar surface area (TPSA) is 26.3 Å². The van der Waals surface area contributed by atoms with Gasteiger partial charge in [-0.1, -0.05) is 246 Å². The van der Waals surface area contributed by atoms with E-state index in [9.17, 15) is 0 Å². The first kappa shape index (κ1) is 51.6. The maximum atomic E-state index is 7.21. The average molecular weight is 1170 g/mol. The van der Waals surface area contributed by atoms with E-state index in [0.29, 0.717) is 0 Å². The third kappa shape index (κ3) is 7.10. The zero-order valence-electron chi connectivity index (χ0n) is 51.4. The van der Waals surface area contributed by atoms with Crippen molar-refractivity contribution in [3.8, 4) is 77.9 Å². The van der Waals surface area contributed by atoms with Crippen LogP contribution < -0.4 is 0 Å². The van der Waals surface area contributed by atoms with Crippen LogP contribution in [0.25, 0.3) is 186 Å². The van der Waals surface area contributed by atoms with E-state index in [1.807, 2.05) is 0 Å². The van der Waals surface area contributed by atoms with Gasteiger partial charge >= 0.3 is 0 Å². The zero-order chi connectivity index (χ0) is 60.9. The minimum Gasteiger partial charge on any atom is -0.456 e. The molecule has 0 atom stereocenters. The molecule has 18 aromatic rings. The first-order valence-electron chi connectivity index (χ1n) is 32.3. The molecule has 0 unspecified atom stereocenters. The molecule has 20 rings (SSSR count). The quantitative estimate of drug-likeness (QED) is 0.161. The molecule has 0 N–H and O–H groups in total. The Morgan fingerprint density at radius 1 is 0.217 bits per heavy atom. The van der Waals surface area contributed by atoms with Crippen LogP contribution in [-0.2, 0) is 10.8 Å². The van der Waals surface area contributed by atoms with Crippen molar-refractivity contribution in [3.05, 3.63) is 301 Å². The molecule has 2 heterocycles. The largest absolute Gasteiger partial charge is 0.456 e. The van der Waals surface area contributed by atoms with Gasteiger partial charge in [0.05, 0.1) is 0 Å². The van der Waals surface area contributed by atoms with Crippen molar-refractivity contribution in [2.45, 2.75) is 38.5 Å². The Morgan fingerprint density at radius 2 is 0.576 bits per heavy atom. The number of rotatable bonds is 5. The maximum absolute atomic E-state index is 7.21. The van der Waals surface area contributed by atoms with Gasteiger partial charge in [0, 0.05) is 37.9 Å². The molecule has 2 heteroatoms. The minimum atomic E-state index is -0.306. The van der Waals surface area contributed by atoms with E-state index in [1.165, 1.54) is 154 Å². The highest BCUT2D eigenvalue weighted by molar-refractivity contribution is 6.27. The third-order valence-electron chi connectivity index (χ3n) is 21.4. The molecule has 0 saturated heterocycles. The molecule has 0 amide bonds. The summed E-state index contributed by atoms with van der Waals surface area (Å²) in [6, 6.07) is 104. The van der Waals surface area contributed by atoms with Crippen LogP contribution >= 0.6 is 0 Å². The van der Waals surface area contributed by atoms with Gasteiger partial charge in [-0.25, -0.2) is 0 Å². The fourth-order valence-corrected chi connectivity index (χ4v) is 17.0. The summed E-state index contributed by atoms with van der Waals surface area (Å²) < 4.78 is 13.7. The fraction of sp³-hybridized carbons (Fsp3) is 0.0667. The van der Waals surface area contributed by atoms with Crippen LogP contribution in [0.15, 0.2) is 288 Å². The Morgan fingerprint density at radius 3 is 1.10 bits per heavy atom.